The average molecular weight is 220 g/mol. The van der Waals surface area contributed by atoms with Gasteiger partial charge in [0.1, 0.15) is 5.82 Å². The lowest BCUT2D eigenvalue weighted by Gasteiger charge is -2.19. The van der Waals surface area contributed by atoms with Gasteiger partial charge in [-0.3, -0.25) is 14.9 Å². The molecule has 0 aromatic carbocycles. The van der Waals surface area contributed by atoms with E-state index in [0.29, 0.717) is 25.2 Å². The number of carbonyl (C=O) groups excluding carboxylic acids is 2. The quantitative estimate of drug-likeness (QED) is 0.652. The molecule has 1 atom stereocenters. The monoisotopic (exact) mass is 220 g/mol. The van der Waals surface area contributed by atoms with Crippen LogP contribution in [0.5, 0.6) is 0 Å². The maximum atomic E-state index is 11.5. The molecule has 1 fully saturated rings. The van der Waals surface area contributed by atoms with Gasteiger partial charge in [-0.1, -0.05) is 0 Å². The lowest BCUT2D eigenvalue weighted by Crippen LogP contribution is -2.40. The zero-order valence-electron chi connectivity index (χ0n) is 8.64. The van der Waals surface area contributed by atoms with Crippen molar-refractivity contribution < 1.29 is 9.59 Å². The highest BCUT2D eigenvalue weighted by molar-refractivity contribution is 6.00. The van der Waals surface area contributed by atoms with Crippen LogP contribution in [-0.2, 0) is 16.1 Å². The normalized spacial score (nSPS) is 20.7. The van der Waals surface area contributed by atoms with Crippen molar-refractivity contribution in [3.63, 3.8) is 0 Å². The third-order valence-corrected chi connectivity index (χ3v) is 2.51. The molecule has 2 rings (SSSR count). The van der Waals surface area contributed by atoms with E-state index in [1.807, 2.05) is 0 Å². The fourth-order valence-electron chi connectivity index (χ4n) is 1.59. The lowest BCUT2D eigenvalue weighted by molar-refractivity contribution is -0.134. The summed E-state index contributed by atoms with van der Waals surface area (Å²) in [5, 5.41) is 2.27. The van der Waals surface area contributed by atoms with E-state index in [9.17, 15) is 9.59 Å². The molecule has 0 spiro atoms. The second-order valence-corrected chi connectivity index (χ2v) is 3.66. The molecule has 1 aromatic rings. The first-order chi connectivity index (χ1) is 7.70. The number of imide groups is 1. The number of piperidine rings is 1. The van der Waals surface area contributed by atoms with Crippen molar-refractivity contribution in [2.24, 2.45) is 5.73 Å². The largest absolute Gasteiger partial charge is 0.326 e. The van der Waals surface area contributed by atoms with Gasteiger partial charge in [-0.05, 0) is 6.42 Å². The Morgan fingerprint density at radius 2 is 2.06 bits per heavy atom. The number of aromatic nitrogens is 2. The molecule has 1 aliphatic rings. The zero-order chi connectivity index (χ0) is 11.5. The van der Waals surface area contributed by atoms with E-state index >= 15 is 0 Å². The van der Waals surface area contributed by atoms with Crippen LogP contribution in [0.1, 0.15) is 30.1 Å². The molecule has 6 nitrogen and oxygen atoms in total. The Kier molecular flexibility index (Phi) is 2.91. The summed E-state index contributed by atoms with van der Waals surface area (Å²) in [6, 6.07) is 0. The number of nitrogens with zero attached hydrogens (tertiary/aromatic N) is 2. The number of hydrogen-bond donors (Lipinski definition) is 2. The molecule has 1 aliphatic heterocycles. The van der Waals surface area contributed by atoms with E-state index in [2.05, 4.69) is 15.3 Å². The Morgan fingerprint density at radius 1 is 1.38 bits per heavy atom. The van der Waals surface area contributed by atoms with Gasteiger partial charge >= 0.3 is 0 Å². The van der Waals surface area contributed by atoms with Crippen LogP contribution in [0.2, 0.25) is 0 Å². The van der Waals surface area contributed by atoms with Crippen LogP contribution in [0.15, 0.2) is 12.4 Å². The van der Waals surface area contributed by atoms with E-state index < -0.39 is 5.92 Å². The Balaban J connectivity index is 2.17. The van der Waals surface area contributed by atoms with Crippen molar-refractivity contribution in [2.45, 2.75) is 25.3 Å². The molecule has 84 valence electrons. The predicted octanol–water partition coefficient (Wildman–Crippen LogP) is -0.544. The summed E-state index contributed by atoms with van der Waals surface area (Å²) in [4.78, 5) is 30.7. The highest BCUT2D eigenvalue weighted by atomic mass is 16.2. The number of hydrogen-bond acceptors (Lipinski definition) is 5. The molecule has 1 unspecified atom stereocenters. The number of nitrogens with two attached hydrogens (primary N) is 1. The van der Waals surface area contributed by atoms with Crippen molar-refractivity contribution in [1.29, 1.82) is 0 Å². The number of carbonyl (C=O) groups is 2. The molecule has 0 saturated carbocycles. The van der Waals surface area contributed by atoms with Crippen LogP contribution in [0, 0.1) is 0 Å². The molecule has 1 aromatic heterocycles. The van der Waals surface area contributed by atoms with E-state index in [1.165, 1.54) is 0 Å². The molecule has 3 N–H and O–H groups in total. The van der Waals surface area contributed by atoms with Crippen LogP contribution in [0.25, 0.3) is 0 Å². The summed E-state index contributed by atoms with van der Waals surface area (Å²) in [5.41, 5.74) is 6.24. The SMILES string of the molecule is NCc1cnc(C2CCC(=O)NC2=O)nc1. The average Bonchev–Trinajstić information content (AvgIpc) is 2.29. The first kappa shape index (κ1) is 10.7. The summed E-state index contributed by atoms with van der Waals surface area (Å²) in [5.74, 6) is -0.539. The van der Waals surface area contributed by atoms with Gasteiger partial charge in [0, 0.05) is 30.9 Å². The zero-order valence-corrected chi connectivity index (χ0v) is 8.64. The van der Waals surface area contributed by atoms with E-state index in [1.54, 1.807) is 12.4 Å². The van der Waals surface area contributed by atoms with Gasteiger partial charge in [-0.25, -0.2) is 9.97 Å². The fourth-order valence-corrected chi connectivity index (χ4v) is 1.59. The second kappa shape index (κ2) is 4.36. The third kappa shape index (κ3) is 2.06. The Morgan fingerprint density at radius 3 is 2.62 bits per heavy atom. The van der Waals surface area contributed by atoms with E-state index in [4.69, 9.17) is 5.73 Å². The summed E-state index contributed by atoms with van der Waals surface area (Å²) in [7, 11) is 0. The van der Waals surface area contributed by atoms with E-state index in [0.717, 1.165) is 5.56 Å². The first-order valence-corrected chi connectivity index (χ1v) is 5.05. The van der Waals surface area contributed by atoms with Crippen LogP contribution in [-0.4, -0.2) is 21.8 Å². The van der Waals surface area contributed by atoms with Gasteiger partial charge in [0.05, 0.1) is 5.92 Å². The van der Waals surface area contributed by atoms with Crippen molar-refractivity contribution in [1.82, 2.24) is 15.3 Å². The second-order valence-electron chi connectivity index (χ2n) is 3.66. The van der Waals surface area contributed by atoms with E-state index in [-0.39, 0.29) is 11.8 Å². The van der Waals surface area contributed by atoms with Gasteiger partial charge in [0.15, 0.2) is 0 Å². The first-order valence-electron chi connectivity index (χ1n) is 5.05. The molecule has 2 heterocycles. The highest BCUT2D eigenvalue weighted by Gasteiger charge is 2.29. The number of rotatable bonds is 2. The Labute approximate surface area is 92.3 Å². The highest BCUT2D eigenvalue weighted by Crippen LogP contribution is 2.21. The Bertz CT molecular complexity index is 415. The standard InChI is InChI=1S/C10H12N4O2/c11-3-6-4-12-9(13-5-6)7-1-2-8(15)14-10(7)16/h4-5,7H,1-3,11H2,(H,14,15,16). The molecule has 0 bridgehead atoms. The van der Waals surface area contributed by atoms with Crippen molar-refractivity contribution >= 4 is 11.8 Å². The summed E-state index contributed by atoms with van der Waals surface area (Å²) >= 11 is 0. The molecular formula is C10H12N4O2. The summed E-state index contributed by atoms with van der Waals surface area (Å²) < 4.78 is 0. The van der Waals surface area contributed by atoms with Gasteiger partial charge in [0.2, 0.25) is 11.8 Å². The molecule has 16 heavy (non-hydrogen) atoms. The minimum Gasteiger partial charge on any atom is -0.326 e. The molecule has 0 radical (unpaired) electrons. The predicted molar refractivity (Wildman–Crippen MR) is 55.0 cm³/mol. The minimum atomic E-state index is -0.426. The number of amides is 2. The van der Waals surface area contributed by atoms with Crippen LogP contribution >= 0.6 is 0 Å². The van der Waals surface area contributed by atoms with Gasteiger partial charge < -0.3 is 5.73 Å². The van der Waals surface area contributed by atoms with Gasteiger partial charge in [-0.2, -0.15) is 0 Å². The minimum absolute atomic E-state index is 0.236. The smallest absolute Gasteiger partial charge is 0.237 e. The molecule has 6 heteroatoms. The topological polar surface area (TPSA) is 98.0 Å². The maximum Gasteiger partial charge on any atom is 0.237 e. The van der Waals surface area contributed by atoms with Crippen LogP contribution < -0.4 is 11.1 Å². The van der Waals surface area contributed by atoms with Crippen molar-refractivity contribution in [3.8, 4) is 0 Å². The lowest BCUT2D eigenvalue weighted by atomic mass is 9.97. The fraction of sp³-hybridized carbons (Fsp3) is 0.400. The van der Waals surface area contributed by atoms with Crippen molar-refractivity contribution in [2.75, 3.05) is 0 Å². The van der Waals surface area contributed by atoms with Crippen molar-refractivity contribution in [3.05, 3.63) is 23.8 Å². The molecule has 1 saturated heterocycles. The van der Waals surface area contributed by atoms with Crippen LogP contribution in [0.3, 0.4) is 0 Å². The molecular weight excluding hydrogens is 208 g/mol. The summed E-state index contributed by atoms with van der Waals surface area (Å²) in [6.45, 7) is 0.371. The third-order valence-electron chi connectivity index (χ3n) is 2.51. The molecule has 0 aliphatic carbocycles. The molecule has 2 amide bonds. The summed E-state index contributed by atoms with van der Waals surface area (Å²) in [6.07, 6.45) is 4.00. The number of nitrogens with one attached hydrogen (secondary N) is 1. The van der Waals surface area contributed by atoms with Gasteiger partial charge in [-0.15, -0.1) is 0 Å². The Hall–Kier alpha value is -1.82. The van der Waals surface area contributed by atoms with Gasteiger partial charge in [0.25, 0.3) is 0 Å². The maximum absolute atomic E-state index is 11.5. The van der Waals surface area contributed by atoms with Crippen LogP contribution in [0.4, 0.5) is 0 Å².